The predicted octanol–water partition coefficient (Wildman–Crippen LogP) is 2.98. The minimum Gasteiger partial charge on any atom is -0.497 e. The van der Waals surface area contributed by atoms with Gasteiger partial charge in [-0.05, 0) is 42.5 Å². The first-order valence-electron chi connectivity index (χ1n) is 8.14. The Morgan fingerprint density at radius 2 is 2.00 bits per heavy atom. The predicted molar refractivity (Wildman–Crippen MR) is 102 cm³/mol. The van der Waals surface area contributed by atoms with Crippen LogP contribution in [-0.4, -0.2) is 34.8 Å². The molecule has 0 radical (unpaired) electrons. The molecule has 0 aliphatic carbocycles. The normalized spacial score (nSPS) is 13.8. The van der Waals surface area contributed by atoms with E-state index in [1.165, 1.54) is 0 Å². The highest BCUT2D eigenvalue weighted by atomic mass is 32.2. The van der Waals surface area contributed by atoms with E-state index in [1.807, 2.05) is 0 Å². The molecule has 2 heterocycles. The van der Waals surface area contributed by atoms with Gasteiger partial charge in [-0.3, -0.25) is 14.4 Å². The second-order valence-corrected chi connectivity index (χ2v) is 6.99. The molecule has 0 N–H and O–H groups in total. The molecule has 7 heteroatoms. The zero-order valence-electron chi connectivity index (χ0n) is 14.1. The molecule has 2 aromatic carbocycles. The number of hydrogen-bond acceptors (Lipinski definition) is 6. The summed E-state index contributed by atoms with van der Waals surface area (Å²) in [5, 5.41) is 0.924. The number of aliphatic imine (C=N–C) groups is 1. The lowest BCUT2D eigenvalue weighted by Gasteiger charge is -2.04. The van der Waals surface area contributed by atoms with Crippen molar-refractivity contribution in [3.05, 3.63) is 64.1 Å². The number of methoxy groups -OCH3 is 1. The summed E-state index contributed by atoms with van der Waals surface area (Å²) in [7, 11) is 1.58. The fourth-order valence-corrected chi connectivity index (χ4v) is 3.70. The van der Waals surface area contributed by atoms with Crippen molar-refractivity contribution in [2.24, 2.45) is 4.99 Å². The topological polar surface area (TPSA) is 73.8 Å². The maximum absolute atomic E-state index is 12.7. The van der Waals surface area contributed by atoms with Crippen LogP contribution in [0.25, 0.3) is 11.1 Å². The largest absolute Gasteiger partial charge is 0.497 e. The van der Waals surface area contributed by atoms with Crippen molar-refractivity contribution in [2.45, 2.75) is 6.54 Å². The molecule has 1 aliphatic heterocycles. The third-order valence-corrected chi connectivity index (χ3v) is 5.20. The Balaban J connectivity index is 1.67. The highest BCUT2D eigenvalue weighted by Gasteiger charge is 2.17. The van der Waals surface area contributed by atoms with Gasteiger partial charge < -0.3 is 9.15 Å². The van der Waals surface area contributed by atoms with Crippen molar-refractivity contribution in [1.29, 1.82) is 0 Å². The van der Waals surface area contributed by atoms with Crippen molar-refractivity contribution in [3.8, 4) is 5.75 Å². The molecule has 0 unspecified atom stereocenters. The number of thioether (sulfide) groups is 1. The van der Waals surface area contributed by atoms with Gasteiger partial charge in [-0.2, -0.15) is 0 Å². The third-order valence-electron chi connectivity index (χ3n) is 4.22. The van der Waals surface area contributed by atoms with E-state index < -0.39 is 5.76 Å². The number of hydrogen-bond donors (Lipinski definition) is 0. The summed E-state index contributed by atoms with van der Waals surface area (Å²) in [6, 6.07) is 12.0. The zero-order valence-corrected chi connectivity index (χ0v) is 14.9. The second-order valence-electron chi connectivity index (χ2n) is 5.82. The third kappa shape index (κ3) is 3.06. The molecule has 26 heavy (non-hydrogen) atoms. The molecule has 0 atom stereocenters. The smallest absolute Gasteiger partial charge is 0.420 e. The Morgan fingerprint density at radius 3 is 2.69 bits per heavy atom. The van der Waals surface area contributed by atoms with Crippen LogP contribution in [0.15, 0.2) is 56.7 Å². The van der Waals surface area contributed by atoms with E-state index in [-0.39, 0.29) is 5.78 Å². The minimum absolute atomic E-state index is 0.138. The van der Waals surface area contributed by atoms with Crippen LogP contribution in [-0.2, 0) is 6.54 Å². The Kier molecular flexibility index (Phi) is 4.38. The van der Waals surface area contributed by atoms with Gasteiger partial charge in [0, 0.05) is 23.4 Å². The van der Waals surface area contributed by atoms with E-state index >= 15 is 0 Å². The van der Waals surface area contributed by atoms with Gasteiger partial charge in [-0.1, -0.05) is 0 Å². The number of ketones is 1. The Labute approximate surface area is 153 Å². The van der Waals surface area contributed by atoms with Crippen LogP contribution in [0.2, 0.25) is 0 Å². The maximum atomic E-state index is 12.7. The van der Waals surface area contributed by atoms with E-state index in [0.29, 0.717) is 34.5 Å². The molecule has 0 saturated heterocycles. The Hall–Kier alpha value is -2.80. The van der Waals surface area contributed by atoms with Crippen LogP contribution in [0.3, 0.4) is 0 Å². The van der Waals surface area contributed by atoms with Gasteiger partial charge in [0.2, 0.25) is 0 Å². The average Bonchev–Trinajstić information content (AvgIpc) is 3.29. The summed E-state index contributed by atoms with van der Waals surface area (Å²) in [6.07, 6.45) is 0. The lowest BCUT2D eigenvalue weighted by Crippen LogP contribution is -2.17. The van der Waals surface area contributed by atoms with Crippen LogP contribution in [0.1, 0.15) is 15.9 Å². The summed E-state index contributed by atoms with van der Waals surface area (Å²) in [4.78, 5) is 29.2. The number of rotatable bonds is 5. The molecule has 3 aromatic rings. The lowest BCUT2D eigenvalue weighted by molar-refractivity contribution is 0.103. The second kappa shape index (κ2) is 6.84. The van der Waals surface area contributed by atoms with E-state index in [2.05, 4.69) is 4.99 Å². The maximum Gasteiger partial charge on any atom is 0.420 e. The monoisotopic (exact) mass is 368 g/mol. The van der Waals surface area contributed by atoms with Crippen LogP contribution in [0, 0.1) is 0 Å². The highest BCUT2D eigenvalue weighted by molar-refractivity contribution is 8.14. The summed E-state index contributed by atoms with van der Waals surface area (Å²) in [5.74, 6) is 1.05. The summed E-state index contributed by atoms with van der Waals surface area (Å²) >= 11 is 1.65. The van der Waals surface area contributed by atoms with Gasteiger partial charge in [0.25, 0.3) is 0 Å². The quantitative estimate of drug-likeness (QED) is 0.647. The molecule has 4 rings (SSSR count). The molecule has 6 nitrogen and oxygen atoms in total. The van der Waals surface area contributed by atoms with Crippen molar-refractivity contribution in [3.63, 3.8) is 0 Å². The first kappa shape index (κ1) is 16.7. The molecule has 132 valence electrons. The first-order chi connectivity index (χ1) is 12.7. The Morgan fingerprint density at radius 1 is 1.23 bits per heavy atom. The van der Waals surface area contributed by atoms with E-state index in [0.717, 1.165) is 17.3 Å². The summed E-state index contributed by atoms with van der Waals surface area (Å²) < 4.78 is 12.0. The van der Waals surface area contributed by atoms with E-state index in [4.69, 9.17) is 9.15 Å². The van der Waals surface area contributed by atoms with Gasteiger partial charge in [0.05, 0.1) is 24.2 Å². The van der Waals surface area contributed by atoms with Crippen LogP contribution in [0.5, 0.6) is 5.75 Å². The van der Waals surface area contributed by atoms with Crippen LogP contribution >= 0.6 is 11.8 Å². The fourth-order valence-electron chi connectivity index (χ4n) is 2.88. The van der Waals surface area contributed by atoms with Crippen LogP contribution in [0.4, 0.5) is 0 Å². The minimum atomic E-state index is -0.441. The van der Waals surface area contributed by atoms with Crippen molar-refractivity contribution >= 4 is 33.7 Å². The number of benzene rings is 2. The van der Waals surface area contributed by atoms with Crippen molar-refractivity contribution in [1.82, 2.24) is 4.57 Å². The number of carbonyl (C=O) groups is 1. The molecule has 0 saturated carbocycles. The molecular weight excluding hydrogens is 352 g/mol. The molecule has 0 bridgehead atoms. The number of oxazole rings is 1. The average molecular weight is 368 g/mol. The van der Waals surface area contributed by atoms with Gasteiger partial charge in [-0.25, -0.2) is 4.79 Å². The van der Waals surface area contributed by atoms with E-state index in [1.54, 1.807) is 65.9 Å². The van der Waals surface area contributed by atoms with Crippen molar-refractivity contribution in [2.75, 3.05) is 19.4 Å². The molecule has 0 amide bonds. The van der Waals surface area contributed by atoms with Gasteiger partial charge >= 0.3 is 5.76 Å². The van der Waals surface area contributed by atoms with Gasteiger partial charge in [0.1, 0.15) is 5.75 Å². The number of ether oxygens (including phenoxy) is 1. The molecule has 1 aliphatic rings. The molecule has 0 spiro atoms. The first-order valence-corrected chi connectivity index (χ1v) is 9.12. The number of carbonyl (C=O) groups excluding carboxylic acids is 1. The zero-order chi connectivity index (χ0) is 18.1. The fraction of sp³-hybridized carbons (Fsp3) is 0.211. The summed E-state index contributed by atoms with van der Waals surface area (Å²) in [5.41, 5.74) is 2.08. The van der Waals surface area contributed by atoms with Gasteiger partial charge in [0.15, 0.2) is 11.4 Å². The number of fused-ring (bicyclic) bond motifs is 1. The van der Waals surface area contributed by atoms with Crippen LogP contribution < -0.4 is 10.5 Å². The number of nitrogens with zero attached hydrogens (tertiary/aromatic N) is 2. The molecular formula is C19H16N2O4S. The molecule has 0 fully saturated rings. The summed E-state index contributed by atoms with van der Waals surface area (Å²) in [6.45, 7) is 1.19. The standard InChI is InChI=1S/C19H16N2O4S/c1-24-14-5-2-12(3-6-14)18(22)13-4-7-15-16(10-13)25-19(23)21(15)11-17-20-8-9-26-17/h2-7,10H,8-9,11H2,1H3. The SMILES string of the molecule is COc1ccc(C(=O)c2ccc3c(c2)oc(=O)n3CC2=NCCS2)cc1. The number of aromatic nitrogens is 1. The Bertz CT molecular complexity index is 1060. The van der Waals surface area contributed by atoms with Gasteiger partial charge in [-0.15, -0.1) is 11.8 Å². The highest BCUT2D eigenvalue weighted by Crippen LogP contribution is 2.21. The van der Waals surface area contributed by atoms with Crippen molar-refractivity contribution < 1.29 is 13.9 Å². The lowest BCUT2D eigenvalue weighted by atomic mass is 10.0. The molecule has 1 aromatic heterocycles. The van der Waals surface area contributed by atoms with E-state index in [9.17, 15) is 9.59 Å².